The Morgan fingerprint density at radius 1 is 1.15 bits per heavy atom. The lowest BCUT2D eigenvalue weighted by Gasteiger charge is -2.39. The molecular formula is C21H21N3O2. The summed E-state index contributed by atoms with van der Waals surface area (Å²) in [6.45, 7) is 2.51. The first-order chi connectivity index (χ1) is 12.6. The highest BCUT2D eigenvalue weighted by Gasteiger charge is 2.32. The first-order valence-electron chi connectivity index (χ1n) is 8.72. The molecule has 5 nitrogen and oxygen atoms in total. The van der Waals surface area contributed by atoms with Crippen LogP contribution in [0.25, 0.3) is 0 Å². The minimum Gasteiger partial charge on any atom is -0.329 e. The van der Waals surface area contributed by atoms with Crippen LogP contribution in [0.3, 0.4) is 0 Å². The van der Waals surface area contributed by atoms with Crippen LogP contribution >= 0.6 is 0 Å². The van der Waals surface area contributed by atoms with Gasteiger partial charge in [0.15, 0.2) is 0 Å². The van der Waals surface area contributed by atoms with Crippen molar-refractivity contribution >= 4 is 17.5 Å². The van der Waals surface area contributed by atoms with Crippen LogP contribution in [0.1, 0.15) is 24.5 Å². The van der Waals surface area contributed by atoms with Gasteiger partial charge in [-0.1, -0.05) is 30.3 Å². The van der Waals surface area contributed by atoms with Gasteiger partial charge in [0, 0.05) is 24.7 Å². The number of amides is 2. The molecule has 1 aliphatic heterocycles. The second kappa shape index (κ2) is 7.83. The average Bonchev–Trinajstić information content (AvgIpc) is 2.68. The summed E-state index contributed by atoms with van der Waals surface area (Å²) in [4.78, 5) is 28.5. The number of piperazine rings is 1. The van der Waals surface area contributed by atoms with E-state index in [9.17, 15) is 9.59 Å². The van der Waals surface area contributed by atoms with E-state index in [4.69, 9.17) is 5.26 Å². The zero-order chi connectivity index (χ0) is 18.5. The highest BCUT2D eigenvalue weighted by atomic mass is 16.2. The van der Waals surface area contributed by atoms with Crippen molar-refractivity contribution in [1.29, 1.82) is 5.26 Å². The third-order valence-corrected chi connectivity index (χ3v) is 4.68. The fraction of sp³-hybridized carbons (Fsp3) is 0.286. The number of rotatable bonds is 4. The Labute approximate surface area is 153 Å². The van der Waals surface area contributed by atoms with Crippen LogP contribution in [0.2, 0.25) is 0 Å². The molecule has 1 atom stereocenters. The Hall–Kier alpha value is -3.13. The molecule has 1 heterocycles. The molecule has 0 aromatic heterocycles. The molecule has 0 spiro atoms. The molecule has 0 N–H and O–H groups in total. The lowest BCUT2D eigenvalue weighted by molar-refractivity contribution is -0.139. The molecule has 26 heavy (non-hydrogen) atoms. The van der Waals surface area contributed by atoms with Crippen LogP contribution in [0.4, 0.5) is 5.69 Å². The number of nitriles is 1. The smallest absolute Gasteiger partial charge is 0.246 e. The summed E-state index contributed by atoms with van der Waals surface area (Å²) < 4.78 is 0. The summed E-state index contributed by atoms with van der Waals surface area (Å²) in [7, 11) is 0. The average molecular weight is 347 g/mol. The van der Waals surface area contributed by atoms with Crippen LogP contribution in [-0.2, 0) is 16.0 Å². The van der Waals surface area contributed by atoms with Crippen molar-refractivity contribution in [2.75, 3.05) is 18.0 Å². The van der Waals surface area contributed by atoms with E-state index in [2.05, 4.69) is 6.07 Å². The minimum atomic E-state index is -0.0964. The van der Waals surface area contributed by atoms with Crippen LogP contribution < -0.4 is 4.90 Å². The highest BCUT2D eigenvalue weighted by Crippen LogP contribution is 2.21. The zero-order valence-electron chi connectivity index (χ0n) is 14.8. The van der Waals surface area contributed by atoms with Gasteiger partial charge < -0.3 is 9.80 Å². The van der Waals surface area contributed by atoms with Gasteiger partial charge in [-0.05, 0) is 43.2 Å². The van der Waals surface area contributed by atoms with Gasteiger partial charge in [-0.25, -0.2) is 0 Å². The van der Waals surface area contributed by atoms with Crippen molar-refractivity contribution in [3.8, 4) is 6.07 Å². The van der Waals surface area contributed by atoms with E-state index in [1.165, 1.54) is 0 Å². The number of carbonyl (C=O) groups is 2. The Morgan fingerprint density at radius 2 is 1.85 bits per heavy atom. The maximum absolute atomic E-state index is 12.6. The predicted molar refractivity (Wildman–Crippen MR) is 99.4 cm³/mol. The number of benzene rings is 2. The first kappa shape index (κ1) is 17.7. The number of hydrogen-bond donors (Lipinski definition) is 0. The summed E-state index contributed by atoms with van der Waals surface area (Å²) in [5.41, 5.74) is 2.44. The highest BCUT2D eigenvalue weighted by molar-refractivity contribution is 5.98. The maximum atomic E-state index is 12.6. The fourth-order valence-electron chi connectivity index (χ4n) is 3.19. The van der Waals surface area contributed by atoms with Crippen molar-refractivity contribution in [1.82, 2.24) is 4.90 Å². The van der Waals surface area contributed by atoms with Crippen LogP contribution in [0.15, 0.2) is 54.6 Å². The molecule has 0 bridgehead atoms. The molecule has 2 aromatic carbocycles. The predicted octanol–water partition coefficient (Wildman–Crippen LogP) is 2.75. The summed E-state index contributed by atoms with van der Waals surface area (Å²) in [5, 5.41) is 8.89. The van der Waals surface area contributed by atoms with Crippen molar-refractivity contribution in [2.45, 2.75) is 25.8 Å². The Bertz CT molecular complexity index is 825. The molecule has 1 fully saturated rings. The van der Waals surface area contributed by atoms with Gasteiger partial charge in [0.1, 0.15) is 6.54 Å². The van der Waals surface area contributed by atoms with Crippen molar-refractivity contribution in [2.24, 2.45) is 0 Å². The summed E-state index contributed by atoms with van der Waals surface area (Å²) in [6.07, 6.45) is 1.08. The molecule has 2 aromatic rings. The lowest BCUT2D eigenvalue weighted by atomic mass is 10.1. The van der Waals surface area contributed by atoms with E-state index >= 15 is 0 Å². The van der Waals surface area contributed by atoms with E-state index < -0.39 is 0 Å². The molecule has 0 radical (unpaired) electrons. The number of anilines is 1. The van der Waals surface area contributed by atoms with Crippen molar-refractivity contribution in [3.63, 3.8) is 0 Å². The SMILES string of the molecule is CC1CN(c2ccc(C#N)cc2)C(=O)CN1C(=O)CCc1ccccc1. The fourth-order valence-corrected chi connectivity index (χ4v) is 3.19. The number of nitrogens with zero attached hydrogens (tertiary/aromatic N) is 3. The molecule has 3 rings (SSSR count). The van der Waals surface area contributed by atoms with Crippen molar-refractivity contribution < 1.29 is 9.59 Å². The van der Waals surface area contributed by atoms with E-state index in [1.54, 1.807) is 34.1 Å². The molecule has 1 unspecified atom stereocenters. The number of aryl methyl sites for hydroxylation is 1. The molecule has 0 saturated carbocycles. The van der Waals surface area contributed by atoms with E-state index in [1.807, 2.05) is 37.3 Å². The van der Waals surface area contributed by atoms with Gasteiger partial charge in [0.05, 0.1) is 11.6 Å². The van der Waals surface area contributed by atoms with Gasteiger partial charge in [0.2, 0.25) is 11.8 Å². The number of carbonyl (C=O) groups excluding carboxylic acids is 2. The third kappa shape index (κ3) is 3.92. The summed E-state index contributed by atoms with van der Waals surface area (Å²) in [5.74, 6) is -0.0879. The molecule has 5 heteroatoms. The molecule has 132 valence electrons. The summed E-state index contributed by atoms with van der Waals surface area (Å²) >= 11 is 0. The van der Waals surface area contributed by atoms with Crippen LogP contribution in [0.5, 0.6) is 0 Å². The third-order valence-electron chi connectivity index (χ3n) is 4.68. The zero-order valence-corrected chi connectivity index (χ0v) is 14.8. The summed E-state index contributed by atoms with van der Waals surface area (Å²) in [6, 6.07) is 18.9. The standard InChI is InChI=1S/C21H21N3O2/c1-16-14-24(19-10-7-18(13-22)8-11-19)21(26)15-23(16)20(25)12-9-17-5-3-2-4-6-17/h2-8,10-11,16H,9,12,14-15H2,1H3. The quantitative estimate of drug-likeness (QED) is 0.854. The van der Waals surface area contributed by atoms with E-state index in [0.29, 0.717) is 24.9 Å². The monoisotopic (exact) mass is 347 g/mol. The van der Waals surface area contributed by atoms with Gasteiger partial charge in [-0.15, -0.1) is 0 Å². The largest absolute Gasteiger partial charge is 0.329 e. The second-order valence-electron chi connectivity index (χ2n) is 6.52. The lowest BCUT2D eigenvalue weighted by Crippen LogP contribution is -2.57. The topological polar surface area (TPSA) is 64.4 Å². The minimum absolute atomic E-state index is 0.00850. The van der Waals surface area contributed by atoms with Crippen molar-refractivity contribution in [3.05, 3.63) is 65.7 Å². The van der Waals surface area contributed by atoms with Crippen LogP contribution in [-0.4, -0.2) is 35.8 Å². The Balaban J connectivity index is 1.63. The number of hydrogen-bond acceptors (Lipinski definition) is 3. The molecule has 2 amide bonds. The molecule has 1 saturated heterocycles. The Kier molecular flexibility index (Phi) is 5.33. The van der Waals surface area contributed by atoms with Gasteiger partial charge >= 0.3 is 0 Å². The van der Waals surface area contributed by atoms with Crippen LogP contribution in [0, 0.1) is 11.3 Å². The van der Waals surface area contributed by atoms with E-state index in [-0.39, 0.29) is 24.4 Å². The molecule has 1 aliphatic rings. The maximum Gasteiger partial charge on any atom is 0.246 e. The van der Waals surface area contributed by atoms with Gasteiger partial charge in [-0.2, -0.15) is 5.26 Å². The van der Waals surface area contributed by atoms with Gasteiger partial charge in [-0.3, -0.25) is 9.59 Å². The second-order valence-corrected chi connectivity index (χ2v) is 6.52. The Morgan fingerprint density at radius 3 is 2.50 bits per heavy atom. The molecular weight excluding hydrogens is 326 g/mol. The normalized spacial score (nSPS) is 17.1. The first-order valence-corrected chi connectivity index (χ1v) is 8.72. The molecule has 0 aliphatic carbocycles. The van der Waals surface area contributed by atoms with E-state index in [0.717, 1.165) is 11.3 Å². The van der Waals surface area contributed by atoms with Gasteiger partial charge in [0.25, 0.3) is 0 Å².